The fraction of sp³-hybridized carbons (Fsp3) is 0.353. The van der Waals surface area contributed by atoms with Gasteiger partial charge in [-0.2, -0.15) is 0 Å². The molecule has 126 valence electrons. The molecule has 2 N–H and O–H groups in total. The van der Waals surface area contributed by atoms with Crippen LogP contribution in [0.3, 0.4) is 0 Å². The van der Waals surface area contributed by atoms with E-state index in [4.69, 9.17) is 0 Å². The zero-order valence-corrected chi connectivity index (χ0v) is 14.6. The van der Waals surface area contributed by atoms with E-state index >= 15 is 0 Å². The first kappa shape index (κ1) is 16.7. The second kappa shape index (κ2) is 8.12. The van der Waals surface area contributed by atoms with Gasteiger partial charge in [-0.25, -0.2) is 9.97 Å². The summed E-state index contributed by atoms with van der Waals surface area (Å²) < 4.78 is 0. The van der Waals surface area contributed by atoms with E-state index in [0.29, 0.717) is 6.54 Å². The monoisotopic (exact) mass is 344 g/mol. The van der Waals surface area contributed by atoms with E-state index in [1.165, 1.54) is 4.90 Å². The van der Waals surface area contributed by atoms with Gasteiger partial charge in [-0.3, -0.25) is 4.79 Å². The van der Waals surface area contributed by atoms with Gasteiger partial charge in [-0.15, -0.1) is 11.8 Å². The average molecular weight is 344 g/mol. The Kier molecular flexibility index (Phi) is 5.66. The number of piperazine rings is 1. The van der Waals surface area contributed by atoms with Crippen molar-refractivity contribution in [3.63, 3.8) is 0 Å². The topological polar surface area (TPSA) is 62.6 Å². The van der Waals surface area contributed by atoms with Crippen LogP contribution in [0.4, 0.5) is 11.6 Å². The maximum atomic E-state index is 12.3. The number of benzene rings is 1. The Morgan fingerprint density at radius 2 is 2.00 bits per heavy atom. The van der Waals surface area contributed by atoms with E-state index in [9.17, 15) is 4.79 Å². The van der Waals surface area contributed by atoms with Crippen molar-refractivity contribution in [1.82, 2.24) is 9.97 Å². The van der Waals surface area contributed by atoms with Crippen molar-refractivity contribution in [2.45, 2.75) is 4.90 Å². The summed E-state index contributed by atoms with van der Waals surface area (Å²) in [6.45, 7) is 4.06. The van der Waals surface area contributed by atoms with E-state index in [1.807, 2.05) is 36.6 Å². The summed E-state index contributed by atoms with van der Waals surface area (Å²) in [5.41, 5.74) is 0.863. The molecule has 0 atom stereocenters. The van der Waals surface area contributed by atoms with Crippen LogP contribution in [0.1, 0.15) is 0 Å². The molecule has 7 heteroatoms. The van der Waals surface area contributed by atoms with Crippen LogP contribution in [-0.4, -0.2) is 54.9 Å². The van der Waals surface area contributed by atoms with Gasteiger partial charge < -0.3 is 15.1 Å². The molecule has 1 saturated heterocycles. The number of carbonyl (C=O) groups is 1. The first-order valence-electron chi connectivity index (χ1n) is 8.04. The highest BCUT2D eigenvalue weighted by atomic mass is 32.2. The molecule has 1 aliphatic heterocycles. The molecule has 0 unspecified atom stereocenters. The number of quaternary nitrogens is 1. The predicted octanol–water partition coefficient (Wildman–Crippen LogP) is 0.542. The zero-order valence-electron chi connectivity index (χ0n) is 13.7. The fourth-order valence-corrected chi connectivity index (χ4v) is 3.25. The quantitative estimate of drug-likeness (QED) is 0.776. The Hall–Kier alpha value is -2.12. The molecule has 2 aromatic rings. The molecular weight excluding hydrogens is 322 g/mol. The van der Waals surface area contributed by atoms with Crippen LogP contribution in [0.25, 0.3) is 0 Å². The predicted molar refractivity (Wildman–Crippen MR) is 96.7 cm³/mol. The number of aromatic nitrogens is 2. The lowest BCUT2D eigenvalue weighted by atomic mass is 10.3. The Labute approximate surface area is 146 Å². The molecule has 1 aromatic carbocycles. The number of rotatable bonds is 5. The standard InChI is InChI=1S/C17H21N5OS/c1-24-15-5-2-4-14(12-15)20-16(23)13-21-8-10-22(11-9-21)17-18-6-3-7-19-17/h2-7,12H,8-11,13H2,1H3,(H,20,23)/p+1. The van der Waals surface area contributed by atoms with Gasteiger partial charge in [0.25, 0.3) is 5.91 Å². The number of carbonyl (C=O) groups excluding carboxylic acids is 1. The largest absolute Gasteiger partial charge is 0.330 e. The molecule has 0 spiro atoms. The van der Waals surface area contributed by atoms with Gasteiger partial charge >= 0.3 is 0 Å². The number of hydrogen-bond donors (Lipinski definition) is 2. The fourth-order valence-electron chi connectivity index (χ4n) is 2.79. The van der Waals surface area contributed by atoms with E-state index < -0.39 is 0 Å². The van der Waals surface area contributed by atoms with Crippen molar-refractivity contribution in [3.05, 3.63) is 42.7 Å². The number of hydrogen-bond acceptors (Lipinski definition) is 5. The van der Waals surface area contributed by atoms with Crippen molar-refractivity contribution in [3.8, 4) is 0 Å². The van der Waals surface area contributed by atoms with E-state index in [0.717, 1.165) is 42.7 Å². The van der Waals surface area contributed by atoms with Crippen LogP contribution in [0.15, 0.2) is 47.6 Å². The van der Waals surface area contributed by atoms with Crippen molar-refractivity contribution in [1.29, 1.82) is 0 Å². The number of nitrogens with zero attached hydrogens (tertiary/aromatic N) is 3. The third-order valence-corrected chi connectivity index (χ3v) is 4.79. The maximum absolute atomic E-state index is 12.3. The zero-order chi connectivity index (χ0) is 16.8. The van der Waals surface area contributed by atoms with Gasteiger partial charge in [0.2, 0.25) is 5.95 Å². The summed E-state index contributed by atoms with van der Waals surface area (Å²) in [4.78, 5) is 25.4. The molecule has 0 saturated carbocycles. The average Bonchev–Trinajstić information content (AvgIpc) is 2.63. The SMILES string of the molecule is CSc1cccc(NC(=O)C[NH+]2CCN(c3ncccn3)CC2)c1. The minimum absolute atomic E-state index is 0.0627. The second-order valence-electron chi connectivity index (χ2n) is 5.74. The number of anilines is 2. The summed E-state index contributed by atoms with van der Waals surface area (Å²) in [6, 6.07) is 9.75. The van der Waals surface area contributed by atoms with Crippen molar-refractivity contribution >= 4 is 29.3 Å². The van der Waals surface area contributed by atoms with Crippen LogP contribution in [-0.2, 0) is 4.79 Å². The van der Waals surface area contributed by atoms with Gasteiger partial charge in [0.15, 0.2) is 6.54 Å². The minimum atomic E-state index is 0.0627. The molecule has 1 fully saturated rings. The first-order chi connectivity index (χ1) is 11.7. The lowest BCUT2D eigenvalue weighted by Crippen LogP contribution is -3.15. The highest BCUT2D eigenvalue weighted by Gasteiger charge is 2.23. The third-order valence-electron chi connectivity index (χ3n) is 4.07. The Bertz CT molecular complexity index is 674. The molecule has 1 aliphatic rings. The summed E-state index contributed by atoms with van der Waals surface area (Å²) >= 11 is 1.67. The molecule has 24 heavy (non-hydrogen) atoms. The van der Waals surface area contributed by atoms with Crippen LogP contribution in [0, 0.1) is 0 Å². The second-order valence-corrected chi connectivity index (χ2v) is 6.62. The van der Waals surface area contributed by atoms with Gasteiger partial charge in [-0.1, -0.05) is 6.07 Å². The Morgan fingerprint density at radius 3 is 2.71 bits per heavy atom. The van der Waals surface area contributed by atoms with Crippen molar-refractivity contribution in [2.24, 2.45) is 0 Å². The molecule has 1 aromatic heterocycles. The number of thioether (sulfide) groups is 1. The Morgan fingerprint density at radius 1 is 1.25 bits per heavy atom. The first-order valence-corrected chi connectivity index (χ1v) is 9.26. The summed E-state index contributed by atoms with van der Waals surface area (Å²) in [6.07, 6.45) is 5.55. The lowest BCUT2D eigenvalue weighted by molar-refractivity contribution is -0.892. The minimum Gasteiger partial charge on any atom is -0.330 e. The van der Waals surface area contributed by atoms with Crippen molar-refractivity contribution < 1.29 is 9.69 Å². The van der Waals surface area contributed by atoms with E-state index in [2.05, 4.69) is 20.2 Å². The lowest BCUT2D eigenvalue weighted by Gasteiger charge is -2.31. The highest BCUT2D eigenvalue weighted by molar-refractivity contribution is 7.98. The van der Waals surface area contributed by atoms with E-state index in [1.54, 1.807) is 24.2 Å². The maximum Gasteiger partial charge on any atom is 0.279 e. The van der Waals surface area contributed by atoms with Gasteiger partial charge in [0.1, 0.15) is 0 Å². The molecule has 1 amide bonds. The molecule has 0 bridgehead atoms. The van der Waals surface area contributed by atoms with Crippen LogP contribution in [0.2, 0.25) is 0 Å². The Balaban J connectivity index is 1.48. The van der Waals surface area contributed by atoms with Crippen molar-refractivity contribution in [2.75, 3.05) is 49.2 Å². The van der Waals surface area contributed by atoms with Gasteiger partial charge in [0.05, 0.1) is 26.2 Å². The summed E-state index contributed by atoms with van der Waals surface area (Å²) in [7, 11) is 0. The molecule has 0 radical (unpaired) electrons. The van der Waals surface area contributed by atoms with Crippen LogP contribution < -0.4 is 15.1 Å². The smallest absolute Gasteiger partial charge is 0.279 e. The van der Waals surface area contributed by atoms with Gasteiger partial charge in [-0.05, 0) is 30.5 Å². The molecule has 6 nitrogen and oxygen atoms in total. The van der Waals surface area contributed by atoms with Gasteiger partial charge in [0, 0.05) is 23.0 Å². The third kappa shape index (κ3) is 4.46. The highest BCUT2D eigenvalue weighted by Crippen LogP contribution is 2.18. The molecule has 3 rings (SSSR count). The summed E-state index contributed by atoms with van der Waals surface area (Å²) in [5.74, 6) is 0.836. The molecular formula is C17H22N5OS+. The molecule has 2 heterocycles. The molecule has 0 aliphatic carbocycles. The normalized spacial score (nSPS) is 15.3. The summed E-state index contributed by atoms with van der Waals surface area (Å²) in [5, 5.41) is 3.00. The van der Waals surface area contributed by atoms with Crippen LogP contribution >= 0.6 is 11.8 Å². The number of amides is 1. The van der Waals surface area contributed by atoms with Crippen LogP contribution in [0.5, 0.6) is 0 Å². The number of nitrogens with one attached hydrogen (secondary N) is 2. The van der Waals surface area contributed by atoms with E-state index in [-0.39, 0.29) is 5.91 Å².